The van der Waals surface area contributed by atoms with Gasteiger partial charge in [-0.1, -0.05) is 0 Å². The summed E-state index contributed by atoms with van der Waals surface area (Å²) in [6, 6.07) is 4.27. The van der Waals surface area contributed by atoms with Crippen molar-refractivity contribution < 1.29 is 23.1 Å². The molecule has 2 rings (SSSR count). The number of nitrogens with one attached hydrogen (secondary N) is 1. The van der Waals surface area contributed by atoms with Gasteiger partial charge in [0.05, 0.1) is 17.7 Å². The molecule has 0 unspecified atom stereocenters. The van der Waals surface area contributed by atoms with Crippen LogP contribution in [0.5, 0.6) is 0 Å². The summed E-state index contributed by atoms with van der Waals surface area (Å²) in [5.41, 5.74) is 0.365. The Morgan fingerprint density at radius 3 is 2.57 bits per heavy atom. The number of esters is 1. The molecule has 110 valence electrons. The SMILES string of the molecule is COC(=O)c1sc(NC(=O)c2ccc(F)cc2F)cc1C. The predicted molar refractivity (Wildman–Crippen MR) is 74.7 cm³/mol. The summed E-state index contributed by atoms with van der Waals surface area (Å²) in [7, 11) is 1.26. The minimum atomic E-state index is -0.950. The van der Waals surface area contributed by atoms with Crippen molar-refractivity contribution in [3.8, 4) is 0 Å². The van der Waals surface area contributed by atoms with Gasteiger partial charge in [-0.25, -0.2) is 13.6 Å². The van der Waals surface area contributed by atoms with Crippen molar-refractivity contribution in [1.29, 1.82) is 0 Å². The van der Waals surface area contributed by atoms with Crippen molar-refractivity contribution in [3.05, 3.63) is 51.9 Å². The first-order chi connectivity index (χ1) is 9.92. The fourth-order valence-corrected chi connectivity index (χ4v) is 2.68. The lowest BCUT2D eigenvalue weighted by Crippen LogP contribution is -2.13. The second-order valence-electron chi connectivity index (χ2n) is 4.19. The standard InChI is InChI=1S/C14H11F2NO3S/c1-7-5-11(21-12(7)14(19)20-2)17-13(18)9-4-3-8(15)6-10(9)16/h3-6H,1-2H3,(H,17,18). The first-order valence-corrected chi connectivity index (χ1v) is 6.69. The molecule has 1 heterocycles. The van der Waals surface area contributed by atoms with E-state index < -0.39 is 23.5 Å². The molecule has 0 aliphatic carbocycles. The van der Waals surface area contributed by atoms with Gasteiger partial charge in [-0.2, -0.15) is 0 Å². The van der Waals surface area contributed by atoms with Crippen LogP contribution in [0.15, 0.2) is 24.3 Å². The number of thiophene rings is 1. The number of rotatable bonds is 3. The van der Waals surface area contributed by atoms with Crippen LogP contribution in [-0.4, -0.2) is 19.0 Å². The molecular formula is C14H11F2NO3S. The molecule has 4 nitrogen and oxygen atoms in total. The molecule has 0 spiro atoms. The number of amides is 1. The molecular weight excluding hydrogens is 300 g/mol. The minimum Gasteiger partial charge on any atom is -0.465 e. The van der Waals surface area contributed by atoms with Gasteiger partial charge in [0.15, 0.2) is 0 Å². The smallest absolute Gasteiger partial charge is 0.348 e. The highest BCUT2D eigenvalue weighted by Gasteiger charge is 2.17. The summed E-state index contributed by atoms with van der Waals surface area (Å²) in [6.07, 6.45) is 0. The molecule has 1 amide bonds. The average Bonchev–Trinajstić information content (AvgIpc) is 2.78. The fourth-order valence-electron chi connectivity index (χ4n) is 1.69. The van der Waals surface area contributed by atoms with Gasteiger partial charge in [0.2, 0.25) is 0 Å². The Morgan fingerprint density at radius 1 is 1.24 bits per heavy atom. The second kappa shape index (κ2) is 6.01. The van der Waals surface area contributed by atoms with Crippen molar-refractivity contribution in [1.82, 2.24) is 0 Å². The summed E-state index contributed by atoms with van der Waals surface area (Å²) < 4.78 is 30.9. The molecule has 0 fully saturated rings. The largest absolute Gasteiger partial charge is 0.465 e. The number of benzene rings is 1. The van der Waals surface area contributed by atoms with Gasteiger partial charge >= 0.3 is 5.97 Å². The Kier molecular flexibility index (Phi) is 4.32. The van der Waals surface area contributed by atoms with Crippen LogP contribution in [0.2, 0.25) is 0 Å². The van der Waals surface area contributed by atoms with Crippen molar-refractivity contribution >= 4 is 28.2 Å². The van der Waals surface area contributed by atoms with E-state index in [1.165, 1.54) is 7.11 Å². The maximum Gasteiger partial charge on any atom is 0.348 e. The first kappa shape index (κ1) is 15.1. The van der Waals surface area contributed by atoms with Crippen molar-refractivity contribution in [2.75, 3.05) is 12.4 Å². The van der Waals surface area contributed by atoms with Gasteiger partial charge in [0.25, 0.3) is 5.91 Å². The number of ether oxygens (including phenoxy) is 1. The summed E-state index contributed by atoms with van der Waals surface area (Å²) in [4.78, 5) is 23.7. The zero-order valence-corrected chi connectivity index (χ0v) is 12.0. The Bertz CT molecular complexity index is 712. The Hall–Kier alpha value is -2.28. The van der Waals surface area contributed by atoms with Crippen LogP contribution in [0.1, 0.15) is 25.6 Å². The quantitative estimate of drug-likeness (QED) is 0.884. The van der Waals surface area contributed by atoms with E-state index >= 15 is 0 Å². The number of carbonyl (C=O) groups excluding carboxylic acids is 2. The van der Waals surface area contributed by atoms with Gasteiger partial charge in [-0.3, -0.25) is 4.79 Å². The molecule has 21 heavy (non-hydrogen) atoms. The van der Waals surface area contributed by atoms with Crippen molar-refractivity contribution in [3.63, 3.8) is 0 Å². The van der Waals surface area contributed by atoms with Crippen molar-refractivity contribution in [2.24, 2.45) is 0 Å². The van der Waals surface area contributed by atoms with Gasteiger partial charge in [-0.05, 0) is 30.7 Å². The summed E-state index contributed by atoms with van der Waals surface area (Å²) in [6.45, 7) is 1.69. The van der Waals surface area contributed by atoms with Gasteiger partial charge in [0, 0.05) is 6.07 Å². The summed E-state index contributed by atoms with van der Waals surface area (Å²) >= 11 is 1.02. The Balaban J connectivity index is 2.22. The molecule has 7 heteroatoms. The highest BCUT2D eigenvalue weighted by molar-refractivity contribution is 7.18. The van der Waals surface area contributed by atoms with Crippen LogP contribution in [0.4, 0.5) is 13.8 Å². The van der Waals surface area contributed by atoms with Crippen LogP contribution < -0.4 is 5.32 Å². The normalized spacial score (nSPS) is 10.3. The zero-order chi connectivity index (χ0) is 15.6. The van der Waals surface area contributed by atoms with Crippen LogP contribution in [0.25, 0.3) is 0 Å². The third kappa shape index (κ3) is 3.25. The van der Waals surface area contributed by atoms with Crippen molar-refractivity contribution in [2.45, 2.75) is 6.92 Å². The van der Waals surface area contributed by atoms with Gasteiger partial charge in [0.1, 0.15) is 16.5 Å². The number of hydrogen-bond acceptors (Lipinski definition) is 4. The number of hydrogen-bond donors (Lipinski definition) is 1. The highest BCUT2D eigenvalue weighted by Crippen LogP contribution is 2.27. The van der Waals surface area contributed by atoms with Crippen LogP contribution >= 0.6 is 11.3 Å². The lowest BCUT2D eigenvalue weighted by atomic mass is 10.2. The van der Waals surface area contributed by atoms with Gasteiger partial charge in [-0.15, -0.1) is 11.3 Å². The highest BCUT2D eigenvalue weighted by atomic mass is 32.1. The molecule has 0 bridgehead atoms. The molecule has 0 saturated carbocycles. The summed E-state index contributed by atoms with van der Waals surface area (Å²) in [5.74, 6) is -2.94. The fraction of sp³-hybridized carbons (Fsp3) is 0.143. The van der Waals surface area contributed by atoms with E-state index in [4.69, 9.17) is 0 Å². The average molecular weight is 311 g/mol. The number of aryl methyl sites for hydroxylation is 1. The van der Waals surface area contributed by atoms with Crippen LogP contribution in [0.3, 0.4) is 0 Å². The number of halogens is 2. The molecule has 0 aliphatic rings. The number of methoxy groups -OCH3 is 1. The third-order valence-corrected chi connectivity index (χ3v) is 3.83. The molecule has 1 N–H and O–H groups in total. The Morgan fingerprint density at radius 2 is 1.95 bits per heavy atom. The molecule has 1 aromatic carbocycles. The van der Waals surface area contributed by atoms with E-state index in [1.807, 2.05) is 0 Å². The molecule has 0 atom stereocenters. The van der Waals surface area contributed by atoms with E-state index in [-0.39, 0.29) is 5.56 Å². The van der Waals surface area contributed by atoms with Gasteiger partial charge < -0.3 is 10.1 Å². The third-order valence-electron chi connectivity index (χ3n) is 2.70. The molecule has 1 aromatic heterocycles. The van der Waals surface area contributed by atoms with E-state index in [2.05, 4.69) is 10.1 Å². The lowest BCUT2D eigenvalue weighted by Gasteiger charge is -2.03. The molecule has 0 radical (unpaired) electrons. The van der Waals surface area contributed by atoms with E-state index in [0.29, 0.717) is 21.5 Å². The number of carbonyl (C=O) groups is 2. The molecule has 2 aromatic rings. The van der Waals surface area contributed by atoms with Crippen LogP contribution in [0, 0.1) is 18.6 Å². The summed E-state index contributed by atoms with van der Waals surface area (Å²) in [5, 5.41) is 2.84. The minimum absolute atomic E-state index is 0.276. The maximum atomic E-state index is 13.5. The second-order valence-corrected chi connectivity index (χ2v) is 5.24. The van der Waals surface area contributed by atoms with Crippen LogP contribution in [-0.2, 0) is 4.74 Å². The Labute approximate surface area is 123 Å². The first-order valence-electron chi connectivity index (χ1n) is 5.87. The molecule has 0 aliphatic heterocycles. The topological polar surface area (TPSA) is 55.4 Å². The van der Waals surface area contributed by atoms with E-state index in [9.17, 15) is 18.4 Å². The molecule has 0 saturated heterocycles. The predicted octanol–water partition coefficient (Wildman–Crippen LogP) is 3.37. The lowest BCUT2D eigenvalue weighted by molar-refractivity contribution is 0.0605. The zero-order valence-electron chi connectivity index (χ0n) is 11.2. The number of anilines is 1. The maximum absolute atomic E-state index is 13.5. The van der Waals surface area contributed by atoms with E-state index in [1.54, 1.807) is 13.0 Å². The van der Waals surface area contributed by atoms with E-state index in [0.717, 1.165) is 23.5 Å². The monoisotopic (exact) mass is 311 g/mol.